The fraction of sp³-hybridized carbons (Fsp3) is 0. The molecule has 23 heavy (non-hydrogen) atoms. The highest BCUT2D eigenvalue weighted by Crippen LogP contribution is 2.31. The second kappa shape index (κ2) is 5.29. The van der Waals surface area contributed by atoms with E-state index in [0.717, 1.165) is 16.5 Å². The molecule has 4 aromatic rings. The van der Waals surface area contributed by atoms with Crippen molar-refractivity contribution in [2.75, 3.05) is 11.1 Å². The van der Waals surface area contributed by atoms with Gasteiger partial charge in [-0.15, -0.1) is 0 Å². The van der Waals surface area contributed by atoms with Gasteiger partial charge in [0.2, 0.25) is 0 Å². The van der Waals surface area contributed by atoms with Crippen molar-refractivity contribution in [3.63, 3.8) is 0 Å². The lowest BCUT2D eigenvalue weighted by atomic mass is 10.2. The Balaban J connectivity index is 1.65. The number of hydrogen-bond acceptors (Lipinski definition) is 6. The average Bonchev–Trinajstić information content (AvgIpc) is 3.20. The quantitative estimate of drug-likeness (QED) is 0.497. The van der Waals surface area contributed by atoms with Gasteiger partial charge < -0.3 is 15.6 Å². The number of aromatic nitrogens is 4. The first-order valence-electron chi connectivity index (χ1n) is 6.79. The maximum absolute atomic E-state index is 6.35. The number of aromatic amines is 1. The lowest BCUT2D eigenvalue weighted by Gasteiger charge is -2.04. The number of nitrogens with zero attached hydrogens (tertiary/aromatic N) is 3. The van der Waals surface area contributed by atoms with E-state index in [1.807, 2.05) is 24.3 Å². The molecular weight excluding hydrogens is 316 g/mol. The first kappa shape index (κ1) is 13.6. The monoisotopic (exact) mass is 326 g/mol. The van der Waals surface area contributed by atoms with Crippen LogP contribution in [0, 0.1) is 0 Å². The minimum absolute atomic E-state index is 0.312. The lowest BCUT2D eigenvalue weighted by molar-refractivity contribution is 0.433. The van der Waals surface area contributed by atoms with Crippen LogP contribution in [0.4, 0.5) is 17.3 Å². The second-order valence-corrected chi connectivity index (χ2v) is 5.31. The Morgan fingerprint density at radius 1 is 1.22 bits per heavy atom. The van der Waals surface area contributed by atoms with Crippen LogP contribution >= 0.6 is 11.6 Å². The van der Waals surface area contributed by atoms with E-state index >= 15 is 0 Å². The maximum Gasteiger partial charge on any atom is 0.268 e. The number of H-pyrrole nitrogens is 1. The van der Waals surface area contributed by atoms with Crippen molar-refractivity contribution in [2.24, 2.45) is 0 Å². The fourth-order valence-corrected chi connectivity index (χ4v) is 2.52. The molecule has 0 unspecified atom stereocenters. The summed E-state index contributed by atoms with van der Waals surface area (Å²) in [5.74, 6) is 0.687. The van der Waals surface area contributed by atoms with E-state index in [0.29, 0.717) is 28.2 Å². The Kier molecular flexibility index (Phi) is 3.13. The van der Waals surface area contributed by atoms with Gasteiger partial charge in [0, 0.05) is 16.6 Å². The molecule has 7 nitrogen and oxygen atoms in total. The molecule has 0 saturated heterocycles. The normalized spacial score (nSPS) is 11.0. The van der Waals surface area contributed by atoms with E-state index < -0.39 is 0 Å². The number of halogens is 1. The van der Waals surface area contributed by atoms with Crippen LogP contribution in [0.15, 0.2) is 47.1 Å². The molecule has 0 spiro atoms. The summed E-state index contributed by atoms with van der Waals surface area (Å²) >= 11 is 6.35. The van der Waals surface area contributed by atoms with Crippen LogP contribution in [0.3, 0.4) is 0 Å². The van der Waals surface area contributed by atoms with Crippen molar-refractivity contribution in [1.29, 1.82) is 0 Å². The van der Waals surface area contributed by atoms with Gasteiger partial charge in [0.05, 0.1) is 22.4 Å². The van der Waals surface area contributed by atoms with Crippen LogP contribution in [0.5, 0.6) is 0 Å². The predicted octanol–water partition coefficient (Wildman–Crippen LogP) is 3.59. The summed E-state index contributed by atoms with van der Waals surface area (Å²) in [6, 6.07) is 10.9. The van der Waals surface area contributed by atoms with Crippen LogP contribution in [0.2, 0.25) is 5.02 Å². The van der Waals surface area contributed by atoms with E-state index in [-0.39, 0.29) is 0 Å². The van der Waals surface area contributed by atoms with Crippen LogP contribution in [0.1, 0.15) is 0 Å². The number of nitrogen functional groups attached to an aromatic ring is 1. The zero-order valence-corrected chi connectivity index (χ0v) is 12.5. The van der Waals surface area contributed by atoms with E-state index in [1.165, 1.54) is 0 Å². The number of fused-ring (bicyclic) bond motifs is 1. The largest absolute Gasteiger partial charge is 0.399 e. The van der Waals surface area contributed by atoms with Gasteiger partial charge in [-0.05, 0) is 35.5 Å². The van der Waals surface area contributed by atoms with Crippen molar-refractivity contribution < 1.29 is 4.52 Å². The molecule has 8 heteroatoms. The molecule has 0 atom stereocenters. The minimum atomic E-state index is 0.312. The Morgan fingerprint density at radius 2 is 2.13 bits per heavy atom. The van der Waals surface area contributed by atoms with Gasteiger partial charge in [0.25, 0.3) is 11.8 Å². The number of hydrogen-bond donors (Lipinski definition) is 3. The lowest BCUT2D eigenvalue weighted by Crippen LogP contribution is -1.93. The molecule has 0 radical (unpaired) electrons. The van der Waals surface area contributed by atoms with Crippen molar-refractivity contribution in [3.8, 4) is 11.5 Å². The number of nitrogens with one attached hydrogen (secondary N) is 2. The Hall–Kier alpha value is -3.06. The SMILES string of the molecule is Nc1cccc(-c2nc(Nc3ccc4[nH]ncc4c3Cl)no2)c1. The molecule has 114 valence electrons. The van der Waals surface area contributed by atoms with Gasteiger partial charge >= 0.3 is 0 Å². The molecular formula is C15H11ClN6O. The van der Waals surface area contributed by atoms with Gasteiger partial charge in [0.1, 0.15) is 0 Å². The molecule has 0 aliphatic carbocycles. The first-order valence-corrected chi connectivity index (χ1v) is 7.17. The van der Waals surface area contributed by atoms with Crippen LogP contribution < -0.4 is 11.1 Å². The minimum Gasteiger partial charge on any atom is -0.399 e. The third kappa shape index (κ3) is 2.47. The highest BCUT2D eigenvalue weighted by atomic mass is 35.5. The molecule has 0 aliphatic rings. The predicted molar refractivity (Wildman–Crippen MR) is 88.5 cm³/mol. The summed E-state index contributed by atoms with van der Waals surface area (Å²) in [7, 11) is 0. The Bertz CT molecular complexity index is 992. The number of benzene rings is 2. The second-order valence-electron chi connectivity index (χ2n) is 4.93. The topological polar surface area (TPSA) is 106 Å². The van der Waals surface area contributed by atoms with Crippen LogP contribution in [-0.2, 0) is 0 Å². The molecule has 4 rings (SSSR count). The molecule has 0 fully saturated rings. The van der Waals surface area contributed by atoms with E-state index in [4.69, 9.17) is 21.9 Å². The molecule has 2 aromatic carbocycles. The highest BCUT2D eigenvalue weighted by molar-refractivity contribution is 6.38. The van der Waals surface area contributed by atoms with E-state index in [9.17, 15) is 0 Å². The summed E-state index contributed by atoms with van der Waals surface area (Å²) in [6.45, 7) is 0. The van der Waals surface area contributed by atoms with Crippen molar-refractivity contribution >= 4 is 39.8 Å². The van der Waals surface area contributed by atoms with Crippen LogP contribution in [0.25, 0.3) is 22.4 Å². The molecule has 0 bridgehead atoms. The Morgan fingerprint density at radius 3 is 3.00 bits per heavy atom. The van der Waals surface area contributed by atoms with E-state index in [1.54, 1.807) is 18.3 Å². The zero-order valence-electron chi connectivity index (χ0n) is 11.7. The summed E-state index contributed by atoms with van der Waals surface area (Å²) in [5.41, 5.74) is 8.66. The standard InChI is InChI=1S/C15H11ClN6O/c16-13-10-7-18-21-11(10)4-5-12(13)19-15-20-14(23-22-15)8-2-1-3-9(17)6-8/h1-7H,17H2,(H,18,21)(H,19,22). The van der Waals surface area contributed by atoms with Gasteiger partial charge in [-0.3, -0.25) is 5.10 Å². The molecule has 2 aromatic heterocycles. The smallest absolute Gasteiger partial charge is 0.268 e. The summed E-state index contributed by atoms with van der Waals surface area (Å²) in [4.78, 5) is 4.30. The van der Waals surface area contributed by atoms with Crippen LogP contribution in [-0.4, -0.2) is 20.3 Å². The summed E-state index contributed by atoms with van der Waals surface area (Å²) in [6.07, 6.45) is 1.66. The molecule has 0 amide bonds. The molecule has 0 aliphatic heterocycles. The number of anilines is 3. The molecule has 4 N–H and O–H groups in total. The van der Waals surface area contributed by atoms with Crippen molar-refractivity contribution in [1.82, 2.24) is 20.3 Å². The highest BCUT2D eigenvalue weighted by Gasteiger charge is 2.12. The van der Waals surface area contributed by atoms with Gasteiger partial charge in [-0.25, -0.2) is 0 Å². The molecule has 2 heterocycles. The van der Waals surface area contributed by atoms with Gasteiger partial charge in [0.15, 0.2) is 0 Å². The zero-order chi connectivity index (χ0) is 15.8. The van der Waals surface area contributed by atoms with E-state index in [2.05, 4.69) is 25.7 Å². The van der Waals surface area contributed by atoms with Crippen molar-refractivity contribution in [2.45, 2.75) is 0 Å². The van der Waals surface area contributed by atoms with Gasteiger partial charge in [-0.1, -0.05) is 17.7 Å². The number of nitrogens with two attached hydrogens (primary N) is 1. The maximum atomic E-state index is 6.35. The Labute approximate surface area is 135 Å². The summed E-state index contributed by atoms with van der Waals surface area (Å²) in [5, 5.41) is 15.1. The average molecular weight is 327 g/mol. The first-order chi connectivity index (χ1) is 11.2. The third-order valence-electron chi connectivity index (χ3n) is 3.36. The fourth-order valence-electron chi connectivity index (χ4n) is 2.26. The summed E-state index contributed by atoms with van der Waals surface area (Å²) < 4.78 is 5.25. The molecule has 0 saturated carbocycles. The van der Waals surface area contributed by atoms with Crippen molar-refractivity contribution in [3.05, 3.63) is 47.6 Å². The van der Waals surface area contributed by atoms with Gasteiger partial charge in [-0.2, -0.15) is 10.1 Å². The number of rotatable bonds is 3. The third-order valence-corrected chi connectivity index (χ3v) is 3.77.